The molecule has 2 aliphatic heterocycles. The molecule has 1 saturated heterocycles. The summed E-state index contributed by atoms with van der Waals surface area (Å²) < 4.78 is 5.48. The molecule has 1 unspecified atom stereocenters. The molecule has 0 aliphatic carbocycles. The number of likely N-dealkylation sites (tertiary alicyclic amines) is 1. The summed E-state index contributed by atoms with van der Waals surface area (Å²) in [5.74, 6) is 0.0179. The van der Waals surface area contributed by atoms with Crippen molar-refractivity contribution in [2.45, 2.75) is 58.1 Å². The average Bonchev–Trinajstić information content (AvgIpc) is 3.10. The van der Waals surface area contributed by atoms with Crippen LogP contribution >= 0.6 is 0 Å². The maximum absolute atomic E-state index is 12.5. The minimum Gasteiger partial charge on any atom is -0.444 e. The van der Waals surface area contributed by atoms with Gasteiger partial charge in [-0.3, -0.25) is 9.69 Å². The molecule has 0 spiro atoms. The molecule has 2 heterocycles. The van der Waals surface area contributed by atoms with Gasteiger partial charge in [-0.1, -0.05) is 23.4 Å². The van der Waals surface area contributed by atoms with Gasteiger partial charge in [0.1, 0.15) is 5.60 Å². The fourth-order valence-electron chi connectivity index (χ4n) is 3.68. The molecule has 0 aromatic heterocycles. The topological polar surface area (TPSA) is 97.5 Å². The number of amidine groups is 1. The number of piperidine rings is 1. The van der Waals surface area contributed by atoms with E-state index in [1.807, 2.05) is 45.0 Å². The van der Waals surface area contributed by atoms with Crippen LogP contribution in [0.3, 0.4) is 0 Å². The molecule has 1 aromatic carbocycles. The van der Waals surface area contributed by atoms with Crippen molar-refractivity contribution in [3.8, 4) is 0 Å². The number of rotatable bonds is 4. The maximum atomic E-state index is 12.5. The van der Waals surface area contributed by atoms with Crippen molar-refractivity contribution < 1.29 is 19.2 Å². The van der Waals surface area contributed by atoms with E-state index in [0.717, 1.165) is 30.5 Å². The fourth-order valence-corrected chi connectivity index (χ4v) is 3.68. The molecule has 0 bridgehead atoms. The maximum Gasteiger partial charge on any atom is 0.410 e. The zero-order chi connectivity index (χ0) is 21.0. The molecular weight excluding hydrogens is 372 g/mol. The largest absolute Gasteiger partial charge is 0.444 e. The second-order valence-electron chi connectivity index (χ2n) is 8.40. The SMILES string of the molecule is CC(C)(C)OC(=O)N1CCCCC1C(N)=NOCC(=O)N1CCc2ccccc21. The second-order valence-corrected chi connectivity index (χ2v) is 8.40. The summed E-state index contributed by atoms with van der Waals surface area (Å²) in [6.07, 6.45) is 2.93. The lowest BCUT2D eigenvalue weighted by Crippen LogP contribution is -2.52. The van der Waals surface area contributed by atoms with Crippen LogP contribution in [0.2, 0.25) is 0 Å². The molecule has 0 radical (unpaired) electrons. The van der Waals surface area contributed by atoms with Crippen molar-refractivity contribution in [2.24, 2.45) is 10.9 Å². The van der Waals surface area contributed by atoms with Crippen molar-refractivity contribution >= 4 is 23.5 Å². The van der Waals surface area contributed by atoms with Gasteiger partial charge in [0.25, 0.3) is 5.91 Å². The summed E-state index contributed by atoms with van der Waals surface area (Å²) in [6.45, 7) is 6.47. The van der Waals surface area contributed by atoms with E-state index in [0.29, 0.717) is 19.5 Å². The van der Waals surface area contributed by atoms with E-state index in [4.69, 9.17) is 15.3 Å². The first kappa shape index (κ1) is 21.0. The van der Waals surface area contributed by atoms with Crippen LogP contribution in [-0.2, 0) is 20.8 Å². The molecule has 29 heavy (non-hydrogen) atoms. The van der Waals surface area contributed by atoms with Gasteiger partial charge in [0, 0.05) is 18.8 Å². The minimum atomic E-state index is -0.583. The van der Waals surface area contributed by atoms with Crippen molar-refractivity contribution in [3.05, 3.63) is 29.8 Å². The molecule has 3 rings (SSSR count). The highest BCUT2D eigenvalue weighted by molar-refractivity contribution is 5.96. The van der Waals surface area contributed by atoms with E-state index in [1.165, 1.54) is 0 Å². The molecule has 1 fully saturated rings. The molecule has 1 atom stereocenters. The number of carbonyl (C=O) groups excluding carboxylic acids is 2. The highest BCUT2D eigenvalue weighted by atomic mass is 16.6. The van der Waals surface area contributed by atoms with Crippen LogP contribution in [0.5, 0.6) is 0 Å². The standard InChI is InChI=1S/C21H30N4O4/c1-21(2,3)29-20(27)25-12-7-6-10-17(25)19(22)23-28-14-18(26)24-13-11-15-8-4-5-9-16(15)24/h4-5,8-9,17H,6-7,10-14H2,1-3H3,(H2,22,23). The quantitative estimate of drug-likeness (QED) is 0.474. The number of nitrogens with zero attached hydrogens (tertiary/aromatic N) is 3. The predicted molar refractivity (Wildman–Crippen MR) is 111 cm³/mol. The number of amides is 2. The van der Waals surface area contributed by atoms with Gasteiger partial charge in [0.05, 0.1) is 6.04 Å². The van der Waals surface area contributed by atoms with Gasteiger partial charge in [-0.05, 0) is 58.1 Å². The van der Waals surface area contributed by atoms with Crippen molar-refractivity contribution in [2.75, 3.05) is 24.6 Å². The number of ether oxygens (including phenoxy) is 1. The summed E-state index contributed by atoms with van der Waals surface area (Å²) in [4.78, 5) is 33.6. The highest BCUT2D eigenvalue weighted by Crippen LogP contribution is 2.27. The Labute approximate surface area is 171 Å². The van der Waals surface area contributed by atoms with Crippen LogP contribution in [0.15, 0.2) is 29.4 Å². The zero-order valence-corrected chi connectivity index (χ0v) is 17.4. The predicted octanol–water partition coefficient (Wildman–Crippen LogP) is 2.65. The molecular formula is C21H30N4O4. The first-order chi connectivity index (χ1) is 13.8. The number of hydrogen-bond donors (Lipinski definition) is 1. The first-order valence-corrected chi connectivity index (χ1v) is 10.1. The van der Waals surface area contributed by atoms with Gasteiger partial charge in [-0.15, -0.1) is 0 Å². The summed E-state index contributed by atoms with van der Waals surface area (Å²) in [5, 5.41) is 3.94. The third-order valence-corrected chi connectivity index (χ3v) is 5.02. The number of benzene rings is 1. The van der Waals surface area contributed by atoms with Gasteiger partial charge in [0.15, 0.2) is 12.4 Å². The lowest BCUT2D eigenvalue weighted by Gasteiger charge is -2.36. The Morgan fingerprint density at radius 3 is 2.72 bits per heavy atom. The Morgan fingerprint density at radius 2 is 1.97 bits per heavy atom. The monoisotopic (exact) mass is 402 g/mol. The van der Waals surface area contributed by atoms with Crippen LogP contribution in [0, 0.1) is 0 Å². The number of carbonyl (C=O) groups is 2. The van der Waals surface area contributed by atoms with E-state index in [1.54, 1.807) is 9.80 Å². The Kier molecular flexibility index (Phi) is 6.30. The van der Waals surface area contributed by atoms with Gasteiger partial charge >= 0.3 is 6.09 Å². The number of hydrogen-bond acceptors (Lipinski definition) is 5. The molecule has 2 aliphatic rings. The Hall–Kier alpha value is -2.77. The highest BCUT2D eigenvalue weighted by Gasteiger charge is 2.33. The molecule has 2 N–H and O–H groups in total. The van der Waals surface area contributed by atoms with Crippen molar-refractivity contribution in [3.63, 3.8) is 0 Å². The van der Waals surface area contributed by atoms with E-state index in [9.17, 15) is 9.59 Å². The molecule has 8 nitrogen and oxygen atoms in total. The van der Waals surface area contributed by atoms with Crippen LogP contribution in [-0.4, -0.2) is 54.1 Å². The van der Waals surface area contributed by atoms with Crippen LogP contribution in [0.25, 0.3) is 0 Å². The Balaban J connectivity index is 1.58. The summed E-state index contributed by atoms with van der Waals surface area (Å²) in [6, 6.07) is 7.44. The van der Waals surface area contributed by atoms with E-state index in [2.05, 4.69) is 5.16 Å². The van der Waals surface area contributed by atoms with Gasteiger partial charge in [0.2, 0.25) is 0 Å². The summed E-state index contributed by atoms with van der Waals surface area (Å²) >= 11 is 0. The minimum absolute atomic E-state index is 0.167. The average molecular weight is 402 g/mol. The van der Waals surface area contributed by atoms with E-state index in [-0.39, 0.29) is 24.4 Å². The number of anilines is 1. The fraction of sp³-hybridized carbons (Fsp3) is 0.571. The lowest BCUT2D eigenvalue weighted by molar-refractivity contribution is -0.123. The number of nitrogens with two attached hydrogens (primary N) is 1. The summed E-state index contributed by atoms with van der Waals surface area (Å²) in [5.41, 5.74) is 7.59. The summed E-state index contributed by atoms with van der Waals surface area (Å²) in [7, 11) is 0. The van der Waals surface area contributed by atoms with Gasteiger partial charge in [-0.25, -0.2) is 4.79 Å². The van der Waals surface area contributed by atoms with Crippen LogP contribution < -0.4 is 10.6 Å². The Bertz CT molecular complexity index is 787. The second kappa shape index (κ2) is 8.71. The zero-order valence-electron chi connectivity index (χ0n) is 17.4. The molecule has 8 heteroatoms. The molecule has 158 valence electrons. The normalized spacial score (nSPS) is 19.7. The van der Waals surface area contributed by atoms with Crippen LogP contribution in [0.1, 0.15) is 45.6 Å². The number of oxime groups is 1. The third-order valence-electron chi connectivity index (χ3n) is 5.02. The third kappa shape index (κ3) is 5.19. The lowest BCUT2D eigenvalue weighted by atomic mass is 10.0. The Morgan fingerprint density at radius 1 is 1.21 bits per heavy atom. The first-order valence-electron chi connectivity index (χ1n) is 10.1. The van der Waals surface area contributed by atoms with Crippen molar-refractivity contribution in [1.29, 1.82) is 0 Å². The van der Waals surface area contributed by atoms with Gasteiger partial charge in [-0.2, -0.15) is 0 Å². The molecule has 1 aromatic rings. The van der Waals surface area contributed by atoms with Crippen LogP contribution in [0.4, 0.5) is 10.5 Å². The van der Waals surface area contributed by atoms with E-state index < -0.39 is 11.7 Å². The smallest absolute Gasteiger partial charge is 0.410 e. The van der Waals surface area contributed by atoms with Crippen molar-refractivity contribution in [1.82, 2.24) is 4.90 Å². The van der Waals surface area contributed by atoms with E-state index >= 15 is 0 Å². The number of para-hydroxylation sites is 1. The molecule has 0 saturated carbocycles. The number of fused-ring (bicyclic) bond motifs is 1. The molecule has 2 amide bonds. The van der Waals surface area contributed by atoms with Gasteiger partial charge < -0.3 is 20.2 Å².